The van der Waals surface area contributed by atoms with Crippen molar-refractivity contribution >= 4 is 5.91 Å². The van der Waals surface area contributed by atoms with Crippen LogP contribution in [0.25, 0.3) is 0 Å². The largest absolute Gasteiger partial charge is 0.490 e. The molecule has 29 heavy (non-hydrogen) atoms. The van der Waals surface area contributed by atoms with Crippen LogP contribution in [0, 0.1) is 0 Å². The first-order valence-corrected chi connectivity index (χ1v) is 11.1. The molecular weight excluding hydrogens is 368 g/mol. The quantitative estimate of drug-likeness (QED) is 0.443. The fourth-order valence-electron chi connectivity index (χ4n) is 3.43. The normalized spacial score (nSPS) is 14.7. The van der Waals surface area contributed by atoms with Crippen molar-refractivity contribution in [1.82, 2.24) is 9.80 Å². The molecular formula is C23H38N2O4. The number of para-hydroxylation sites is 1. The highest BCUT2D eigenvalue weighted by atomic mass is 16.5. The molecule has 1 aromatic carbocycles. The van der Waals surface area contributed by atoms with Gasteiger partial charge in [0, 0.05) is 39.3 Å². The van der Waals surface area contributed by atoms with E-state index in [-0.39, 0.29) is 5.91 Å². The number of morpholine rings is 1. The maximum absolute atomic E-state index is 13.4. The summed E-state index contributed by atoms with van der Waals surface area (Å²) in [4.78, 5) is 17.7. The molecule has 1 fully saturated rings. The second-order valence-electron chi connectivity index (χ2n) is 7.35. The number of ether oxygens (including phenoxy) is 3. The van der Waals surface area contributed by atoms with Gasteiger partial charge in [0.1, 0.15) is 12.4 Å². The smallest absolute Gasteiger partial charge is 0.257 e. The van der Waals surface area contributed by atoms with Crippen LogP contribution in [-0.2, 0) is 9.47 Å². The number of carbonyl (C=O) groups excluding carboxylic acids is 1. The average Bonchev–Trinajstić information content (AvgIpc) is 2.77. The highest BCUT2D eigenvalue weighted by Gasteiger charge is 2.21. The van der Waals surface area contributed by atoms with Crippen LogP contribution in [-0.4, -0.2) is 81.5 Å². The SMILES string of the molecule is CCCCCCN(CCN1CCOCC1)C(=O)c1ccccc1OCCOCC. The van der Waals surface area contributed by atoms with Gasteiger partial charge in [0.25, 0.3) is 5.91 Å². The minimum absolute atomic E-state index is 0.0572. The Labute approximate surface area is 176 Å². The molecule has 0 aliphatic carbocycles. The van der Waals surface area contributed by atoms with Gasteiger partial charge in [-0.05, 0) is 25.5 Å². The van der Waals surface area contributed by atoms with Crippen LogP contribution in [0.3, 0.4) is 0 Å². The van der Waals surface area contributed by atoms with Crippen molar-refractivity contribution in [3.63, 3.8) is 0 Å². The van der Waals surface area contributed by atoms with E-state index in [2.05, 4.69) is 11.8 Å². The van der Waals surface area contributed by atoms with E-state index >= 15 is 0 Å². The molecule has 1 aromatic rings. The van der Waals surface area contributed by atoms with Crippen molar-refractivity contribution in [2.24, 2.45) is 0 Å². The van der Waals surface area contributed by atoms with E-state index in [1.807, 2.05) is 36.1 Å². The summed E-state index contributed by atoms with van der Waals surface area (Å²) in [6, 6.07) is 7.55. The van der Waals surface area contributed by atoms with Gasteiger partial charge >= 0.3 is 0 Å². The highest BCUT2D eigenvalue weighted by Crippen LogP contribution is 2.20. The van der Waals surface area contributed by atoms with E-state index in [4.69, 9.17) is 14.2 Å². The first-order valence-electron chi connectivity index (χ1n) is 11.1. The third kappa shape index (κ3) is 8.72. The summed E-state index contributed by atoms with van der Waals surface area (Å²) in [6.45, 7) is 11.6. The zero-order valence-electron chi connectivity index (χ0n) is 18.2. The topological polar surface area (TPSA) is 51.2 Å². The number of amides is 1. The molecule has 0 radical (unpaired) electrons. The number of unbranched alkanes of at least 4 members (excludes halogenated alkanes) is 3. The van der Waals surface area contributed by atoms with Crippen molar-refractivity contribution in [1.29, 1.82) is 0 Å². The van der Waals surface area contributed by atoms with E-state index < -0.39 is 0 Å². The molecule has 0 atom stereocenters. The van der Waals surface area contributed by atoms with Crippen LogP contribution in [0.4, 0.5) is 0 Å². The molecule has 0 saturated carbocycles. The lowest BCUT2D eigenvalue weighted by Crippen LogP contribution is -2.43. The fourth-order valence-corrected chi connectivity index (χ4v) is 3.43. The Morgan fingerprint density at radius 2 is 1.86 bits per heavy atom. The van der Waals surface area contributed by atoms with E-state index in [1.165, 1.54) is 12.8 Å². The Morgan fingerprint density at radius 1 is 1.07 bits per heavy atom. The number of benzene rings is 1. The number of hydrogen-bond donors (Lipinski definition) is 0. The molecule has 0 spiro atoms. The van der Waals surface area contributed by atoms with E-state index in [0.29, 0.717) is 31.1 Å². The van der Waals surface area contributed by atoms with Gasteiger partial charge in [-0.25, -0.2) is 0 Å². The predicted molar refractivity (Wildman–Crippen MR) is 116 cm³/mol. The summed E-state index contributed by atoms with van der Waals surface area (Å²) < 4.78 is 16.6. The van der Waals surface area contributed by atoms with Crippen LogP contribution in [0.1, 0.15) is 49.9 Å². The molecule has 1 saturated heterocycles. The number of rotatable bonds is 14. The van der Waals surface area contributed by atoms with E-state index in [9.17, 15) is 4.79 Å². The van der Waals surface area contributed by atoms with Crippen molar-refractivity contribution < 1.29 is 19.0 Å². The van der Waals surface area contributed by atoms with E-state index in [1.54, 1.807) is 0 Å². The summed E-state index contributed by atoms with van der Waals surface area (Å²) in [6.07, 6.45) is 4.60. The van der Waals surface area contributed by atoms with Crippen LogP contribution < -0.4 is 4.74 Å². The second kappa shape index (κ2) is 14.4. The molecule has 1 aliphatic rings. The van der Waals surface area contributed by atoms with Gasteiger partial charge < -0.3 is 19.1 Å². The zero-order chi connectivity index (χ0) is 20.7. The van der Waals surface area contributed by atoms with Crippen LogP contribution in [0.15, 0.2) is 24.3 Å². The minimum Gasteiger partial charge on any atom is -0.490 e. The summed E-state index contributed by atoms with van der Waals surface area (Å²) in [5.74, 6) is 0.698. The lowest BCUT2D eigenvalue weighted by molar-refractivity contribution is 0.0323. The van der Waals surface area contributed by atoms with Crippen LogP contribution in [0.2, 0.25) is 0 Å². The molecule has 2 rings (SSSR count). The van der Waals surface area contributed by atoms with Gasteiger partial charge in [-0.15, -0.1) is 0 Å². The van der Waals surface area contributed by atoms with Gasteiger partial charge in [0.05, 0.1) is 25.4 Å². The zero-order valence-corrected chi connectivity index (χ0v) is 18.2. The molecule has 164 valence electrons. The first-order chi connectivity index (χ1) is 14.3. The van der Waals surface area contributed by atoms with Gasteiger partial charge in [-0.3, -0.25) is 9.69 Å². The Morgan fingerprint density at radius 3 is 2.62 bits per heavy atom. The van der Waals surface area contributed by atoms with Crippen molar-refractivity contribution in [2.75, 3.05) is 65.8 Å². The van der Waals surface area contributed by atoms with Crippen LogP contribution in [0.5, 0.6) is 5.75 Å². The van der Waals surface area contributed by atoms with Gasteiger partial charge in [-0.2, -0.15) is 0 Å². The van der Waals surface area contributed by atoms with Gasteiger partial charge in [-0.1, -0.05) is 38.3 Å². The molecule has 0 N–H and O–H groups in total. The maximum atomic E-state index is 13.4. The third-order valence-electron chi connectivity index (χ3n) is 5.17. The summed E-state index contributed by atoms with van der Waals surface area (Å²) in [5, 5.41) is 0. The molecule has 0 unspecified atom stereocenters. The molecule has 6 heteroatoms. The second-order valence-corrected chi connectivity index (χ2v) is 7.35. The minimum atomic E-state index is 0.0572. The summed E-state index contributed by atoms with van der Waals surface area (Å²) in [5.41, 5.74) is 0.640. The highest BCUT2D eigenvalue weighted by molar-refractivity contribution is 5.97. The van der Waals surface area contributed by atoms with Crippen LogP contribution >= 0.6 is 0 Å². The standard InChI is InChI=1S/C23H38N2O4/c1-3-5-6-9-12-25(14-13-24-15-17-28-18-16-24)23(26)21-10-7-8-11-22(21)29-20-19-27-4-2/h7-8,10-11H,3-6,9,12-20H2,1-2H3. The van der Waals surface area contributed by atoms with Crippen molar-refractivity contribution in [2.45, 2.75) is 39.5 Å². The molecule has 0 aromatic heterocycles. The van der Waals surface area contributed by atoms with E-state index in [0.717, 1.165) is 58.8 Å². The molecule has 1 aliphatic heterocycles. The monoisotopic (exact) mass is 406 g/mol. The molecule has 6 nitrogen and oxygen atoms in total. The lowest BCUT2D eigenvalue weighted by Gasteiger charge is -2.30. The maximum Gasteiger partial charge on any atom is 0.257 e. The Hall–Kier alpha value is -1.63. The Balaban J connectivity index is 2.00. The average molecular weight is 407 g/mol. The molecule has 1 heterocycles. The number of carbonyl (C=O) groups is 1. The van der Waals surface area contributed by atoms with Gasteiger partial charge in [0.2, 0.25) is 0 Å². The Bertz CT molecular complexity index is 576. The lowest BCUT2D eigenvalue weighted by atomic mass is 10.1. The van der Waals surface area contributed by atoms with Crippen molar-refractivity contribution in [3.8, 4) is 5.75 Å². The Kier molecular flexibility index (Phi) is 11.7. The predicted octanol–water partition coefficient (Wildman–Crippen LogP) is 3.46. The first kappa shape index (κ1) is 23.6. The molecule has 1 amide bonds. The number of nitrogens with zero attached hydrogens (tertiary/aromatic N) is 2. The summed E-state index contributed by atoms with van der Waals surface area (Å²) in [7, 11) is 0. The third-order valence-corrected chi connectivity index (χ3v) is 5.17. The molecule has 0 bridgehead atoms. The fraction of sp³-hybridized carbons (Fsp3) is 0.696. The van der Waals surface area contributed by atoms with Crippen molar-refractivity contribution in [3.05, 3.63) is 29.8 Å². The number of hydrogen-bond acceptors (Lipinski definition) is 5. The van der Waals surface area contributed by atoms with Gasteiger partial charge in [0.15, 0.2) is 0 Å². The summed E-state index contributed by atoms with van der Waals surface area (Å²) >= 11 is 0.